The molecule has 0 spiro atoms. The minimum Gasteiger partial charge on any atom is -0.352 e. The van der Waals surface area contributed by atoms with E-state index in [1.54, 1.807) is 0 Å². The lowest BCUT2D eigenvalue weighted by Crippen LogP contribution is -2.56. The standard InChI is InChI=1S/C12H18F3N5O/c1-11(2)5-19(6-11)4-10(21)17-3-9(12(13,14)15)20-8-16-7-18-20/h7-9H,3-6H2,1-2H3,(H,17,21). The lowest BCUT2D eigenvalue weighted by molar-refractivity contribution is -0.169. The highest BCUT2D eigenvalue weighted by Crippen LogP contribution is 2.29. The van der Waals surface area contributed by atoms with Crippen LogP contribution in [0.3, 0.4) is 0 Å². The third-order valence-electron chi connectivity index (χ3n) is 3.30. The molecule has 2 rings (SSSR count). The summed E-state index contributed by atoms with van der Waals surface area (Å²) in [5.74, 6) is -0.417. The Kier molecular flexibility index (Phi) is 4.22. The Hall–Kier alpha value is -1.64. The van der Waals surface area contributed by atoms with E-state index < -0.39 is 24.7 Å². The molecule has 9 heteroatoms. The molecule has 1 aromatic heterocycles. The van der Waals surface area contributed by atoms with Gasteiger partial charge >= 0.3 is 6.18 Å². The summed E-state index contributed by atoms with van der Waals surface area (Å²) in [5, 5.41) is 5.81. The normalized spacial score (nSPS) is 19.9. The fourth-order valence-corrected chi connectivity index (χ4v) is 2.48. The Morgan fingerprint density at radius 3 is 2.57 bits per heavy atom. The van der Waals surface area contributed by atoms with Gasteiger partial charge in [0.2, 0.25) is 5.91 Å². The smallest absolute Gasteiger partial charge is 0.352 e. The average molecular weight is 305 g/mol. The monoisotopic (exact) mass is 305 g/mol. The highest BCUT2D eigenvalue weighted by atomic mass is 19.4. The van der Waals surface area contributed by atoms with E-state index in [4.69, 9.17) is 0 Å². The van der Waals surface area contributed by atoms with Gasteiger partial charge in [-0.05, 0) is 5.41 Å². The number of rotatable bonds is 5. The molecule has 0 aliphatic carbocycles. The predicted molar refractivity (Wildman–Crippen MR) is 68.3 cm³/mol. The van der Waals surface area contributed by atoms with Gasteiger partial charge in [0.25, 0.3) is 0 Å². The summed E-state index contributed by atoms with van der Waals surface area (Å²) < 4.78 is 39.5. The van der Waals surface area contributed by atoms with Crippen LogP contribution in [0.2, 0.25) is 0 Å². The number of nitrogens with one attached hydrogen (secondary N) is 1. The van der Waals surface area contributed by atoms with Crippen molar-refractivity contribution in [3.8, 4) is 0 Å². The molecule has 1 amide bonds. The van der Waals surface area contributed by atoms with Crippen LogP contribution < -0.4 is 5.32 Å². The number of likely N-dealkylation sites (tertiary alicyclic amines) is 1. The summed E-state index contributed by atoms with van der Waals surface area (Å²) in [6.45, 7) is 5.25. The second kappa shape index (κ2) is 5.63. The van der Waals surface area contributed by atoms with Gasteiger partial charge < -0.3 is 5.32 Å². The first-order valence-corrected chi connectivity index (χ1v) is 6.57. The number of nitrogens with zero attached hydrogens (tertiary/aromatic N) is 4. The van der Waals surface area contributed by atoms with Gasteiger partial charge in [0.1, 0.15) is 12.7 Å². The molecule has 0 saturated carbocycles. The van der Waals surface area contributed by atoms with Crippen molar-refractivity contribution in [1.82, 2.24) is 25.0 Å². The first kappa shape index (κ1) is 15.7. The fourth-order valence-electron chi connectivity index (χ4n) is 2.48. The molecular weight excluding hydrogens is 287 g/mol. The van der Waals surface area contributed by atoms with Gasteiger partial charge in [0.15, 0.2) is 6.04 Å². The van der Waals surface area contributed by atoms with Gasteiger partial charge in [-0.2, -0.15) is 18.3 Å². The molecule has 2 heterocycles. The summed E-state index contributed by atoms with van der Waals surface area (Å²) in [6.07, 6.45) is -2.48. The van der Waals surface area contributed by atoms with Gasteiger partial charge in [0, 0.05) is 19.6 Å². The lowest BCUT2D eigenvalue weighted by atomic mass is 9.84. The van der Waals surface area contributed by atoms with Crippen molar-refractivity contribution in [1.29, 1.82) is 0 Å². The van der Waals surface area contributed by atoms with Crippen molar-refractivity contribution in [2.45, 2.75) is 26.1 Å². The number of halogens is 3. The second-order valence-corrected chi connectivity index (χ2v) is 6.05. The van der Waals surface area contributed by atoms with E-state index in [1.165, 1.54) is 0 Å². The zero-order valence-corrected chi connectivity index (χ0v) is 11.9. The van der Waals surface area contributed by atoms with Crippen molar-refractivity contribution < 1.29 is 18.0 Å². The van der Waals surface area contributed by atoms with E-state index in [9.17, 15) is 18.0 Å². The van der Waals surface area contributed by atoms with Crippen LogP contribution in [0.15, 0.2) is 12.7 Å². The number of amides is 1. The molecule has 1 aromatic rings. The van der Waals surface area contributed by atoms with E-state index in [0.717, 1.165) is 25.7 Å². The van der Waals surface area contributed by atoms with Crippen LogP contribution in [0.4, 0.5) is 13.2 Å². The molecule has 1 aliphatic rings. The van der Waals surface area contributed by atoms with Gasteiger partial charge in [-0.1, -0.05) is 13.8 Å². The molecule has 0 bridgehead atoms. The zero-order valence-electron chi connectivity index (χ0n) is 11.9. The number of carbonyl (C=O) groups is 1. The summed E-state index contributed by atoms with van der Waals surface area (Å²) in [5.41, 5.74) is 0.176. The van der Waals surface area contributed by atoms with Crippen molar-refractivity contribution >= 4 is 5.91 Å². The third-order valence-corrected chi connectivity index (χ3v) is 3.30. The third kappa shape index (κ3) is 4.16. The van der Waals surface area contributed by atoms with Crippen LogP contribution in [0.5, 0.6) is 0 Å². The van der Waals surface area contributed by atoms with Crippen LogP contribution >= 0.6 is 0 Å². The van der Waals surface area contributed by atoms with Gasteiger partial charge in [-0.3, -0.25) is 9.69 Å². The maximum absolute atomic E-state index is 12.9. The molecule has 1 aliphatic heterocycles. The van der Waals surface area contributed by atoms with Crippen molar-refractivity contribution in [2.75, 3.05) is 26.2 Å². The minimum atomic E-state index is -4.50. The molecule has 118 valence electrons. The molecule has 0 radical (unpaired) electrons. The predicted octanol–water partition coefficient (Wildman–Crippen LogP) is 0.839. The number of carbonyl (C=O) groups excluding carboxylic acids is 1. The number of alkyl halides is 3. The van der Waals surface area contributed by atoms with E-state index in [-0.39, 0.29) is 12.0 Å². The van der Waals surface area contributed by atoms with Gasteiger partial charge in [-0.25, -0.2) is 9.67 Å². The molecule has 6 nitrogen and oxygen atoms in total. The molecular formula is C12H18F3N5O. The van der Waals surface area contributed by atoms with E-state index >= 15 is 0 Å². The number of aromatic nitrogens is 3. The molecule has 1 fully saturated rings. The molecule has 1 N–H and O–H groups in total. The summed E-state index contributed by atoms with van der Waals surface area (Å²) in [7, 11) is 0. The Bertz CT molecular complexity index is 478. The summed E-state index contributed by atoms with van der Waals surface area (Å²) in [6, 6.07) is -1.91. The largest absolute Gasteiger partial charge is 0.412 e. The Morgan fingerprint density at radius 1 is 1.43 bits per heavy atom. The first-order valence-electron chi connectivity index (χ1n) is 6.57. The van der Waals surface area contributed by atoms with Crippen LogP contribution in [-0.2, 0) is 4.79 Å². The zero-order chi connectivity index (χ0) is 15.7. The van der Waals surface area contributed by atoms with Crippen molar-refractivity contribution in [3.05, 3.63) is 12.7 Å². The first-order chi connectivity index (χ1) is 9.67. The molecule has 1 unspecified atom stereocenters. The SMILES string of the molecule is CC1(C)CN(CC(=O)NCC(n2cncn2)C(F)(F)F)C1. The Morgan fingerprint density at radius 2 is 2.10 bits per heavy atom. The van der Waals surface area contributed by atoms with Crippen LogP contribution in [0.25, 0.3) is 0 Å². The number of hydrogen-bond acceptors (Lipinski definition) is 4. The number of hydrogen-bond donors (Lipinski definition) is 1. The highest BCUT2D eigenvalue weighted by Gasteiger charge is 2.42. The minimum absolute atomic E-state index is 0.116. The topological polar surface area (TPSA) is 63.1 Å². The average Bonchev–Trinajstić information content (AvgIpc) is 2.78. The molecule has 0 aromatic carbocycles. The van der Waals surface area contributed by atoms with Crippen molar-refractivity contribution in [2.24, 2.45) is 5.41 Å². The van der Waals surface area contributed by atoms with Gasteiger partial charge in [-0.15, -0.1) is 0 Å². The maximum Gasteiger partial charge on any atom is 0.412 e. The highest BCUT2D eigenvalue weighted by molar-refractivity contribution is 5.78. The summed E-state index contributed by atoms with van der Waals surface area (Å²) >= 11 is 0. The Labute approximate surface area is 120 Å². The van der Waals surface area contributed by atoms with E-state index in [1.807, 2.05) is 4.90 Å². The molecule has 1 atom stereocenters. The van der Waals surface area contributed by atoms with E-state index in [0.29, 0.717) is 4.68 Å². The van der Waals surface area contributed by atoms with Crippen molar-refractivity contribution in [3.63, 3.8) is 0 Å². The fraction of sp³-hybridized carbons (Fsp3) is 0.750. The Balaban J connectivity index is 1.84. The maximum atomic E-state index is 12.9. The quantitative estimate of drug-likeness (QED) is 0.875. The second-order valence-electron chi connectivity index (χ2n) is 6.05. The molecule has 21 heavy (non-hydrogen) atoms. The van der Waals surface area contributed by atoms with Crippen LogP contribution in [0.1, 0.15) is 19.9 Å². The van der Waals surface area contributed by atoms with E-state index in [2.05, 4.69) is 29.2 Å². The molecule has 1 saturated heterocycles. The summed E-state index contributed by atoms with van der Waals surface area (Å²) in [4.78, 5) is 17.1. The van der Waals surface area contributed by atoms with Crippen LogP contribution in [0, 0.1) is 5.41 Å². The van der Waals surface area contributed by atoms with Crippen LogP contribution in [-0.4, -0.2) is 57.9 Å². The lowest BCUT2D eigenvalue weighted by Gasteiger charge is -2.45. The van der Waals surface area contributed by atoms with Gasteiger partial charge in [0.05, 0.1) is 6.54 Å².